The molecule has 0 radical (unpaired) electrons. The van der Waals surface area contributed by atoms with Crippen molar-refractivity contribution in [1.29, 1.82) is 0 Å². The molecule has 1 aromatic carbocycles. The monoisotopic (exact) mass is 312 g/mol. The summed E-state index contributed by atoms with van der Waals surface area (Å²) < 4.78 is 27.5. The van der Waals surface area contributed by atoms with Crippen LogP contribution in [0.5, 0.6) is 0 Å². The molecule has 7 heteroatoms. The minimum Gasteiger partial charge on any atom is -0.369 e. The highest BCUT2D eigenvalue weighted by Gasteiger charge is 2.18. The van der Waals surface area contributed by atoms with Crippen LogP contribution in [0.1, 0.15) is 5.56 Å². The van der Waals surface area contributed by atoms with E-state index >= 15 is 0 Å². The lowest BCUT2D eigenvalue weighted by molar-refractivity contribution is 0.312. The quantitative estimate of drug-likeness (QED) is 0.851. The number of benzene rings is 1. The van der Waals surface area contributed by atoms with Crippen molar-refractivity contribution in [2.45, 2.75) is 6.54 Å². The second kappa shape index (κ2) is 6.74. The fourth-order valence-corrected chi connectivity index (χ4v) is 2.91. The number of piperazine rings is 1. The molecule has 0 aliphatic carbocycles. The second-order valence-corrected chi connectivity index (χ2v) is 7.50. The average molecular weight is 312 g/mol. The minimum atomic E-state index is -3.40. The molecule has 6 nitrogen and oxygen atoms in total. The van der Waals surface area contributed by atoms with Gasteiger partial charge < -0.3 is 9.80 Å². The lowest BCUT2D eigenvalue weighted by Gasteiger charge is -2.35. The van der Waals surface area contributed by atoms with Crippen LogP contribution < -0.4 is 9.62 Å². The first kappa shape index (κ1) is 16.2. The van der Waals surface area contributed by atoms with Crippen LogP contribution in [0.4, 0.5) is 5.69 Å². The molecular formula is C14H24N4O2S. The lowest BCUT2D eigenvalue weighted by atomic mass is 10.1. The normalized spacial score (nSPS) is 17.4. The predicted octanol–water partition coefficient (Wildman–Crippen LogP) is 0.334. The Morgan fingerprint density at radius 3 is 2.38 bits per heavy atom. The van der Waals surface area contributed by atoms with Gasteiger partial charge in [0.15, 0.2) is 0 Å². The average Bonchev–Trinajstić information content (AvgIpc) is 2.46. The molecule has 0 spiro atoms. The fourth-order valence-electron chi connectivity index (χ4n) is 2.31. The SMILES string of the molecule is CN1CCN(c2ccccc2CNS(=O)(=O)N(C)C)CC1. The Hall–Kier alpha value is -1.15. The Bertz CT molecular complexity index is 566. The Balaban J connectivity index is 2.10. The Morgan fingerprint density at radius 2 is 1.76 bits per heavy atom. The highest BCUT2D eigenvalue weighted by Crippen LogP contribution is 2.21. The molecule has 1 N–H and O–H groups in total. The Kier molecular flexibility index (Phi) is 5.21. The van der Waals surface area contributed by atoms with Crippen molar-refractivity contribution < 1.29 is 8.42 Å². The van der Waals surface area contributed by atoms with E-state index < -0.39 is 10.2 Å². The van der Waals surface area contributed by atoms with Crippen LogP contribution in [-0.4, -0.2) is 64.9 Å². The van der Waals surface area contributed by atoms with Gasteiger partial charge in [-0.3, -0.25) is 0 Å². The first-order chi connectivity index (χ1) is 9.90. The molecule has 1 aromatic rings. The third-order valence-electron chi connectivity index (χ3n) is 3.76. The number of rotatable bonds is 5. The van der Waals surface area contributed by atoms with Crippen LogP contribution in [0.3, 0.4) is 0 Å². The third kappa shape index (κ3) is 4.16. The summed E-state index contributed by atoms with van der Waals surface area (Å²) in [5, 5.41) is 0. The van der Waals surface area contributed by atoms with Gasteiger partial charge in [-0.25, -0.2) is 0 Å². The molecule has 0 amide bonds. The summed E-state index contributed by atoms with van der Waals surface area (Å²) in [4.78, 5) is 4.62. The van der Waals surface area contributed by atoms with Gasteiger partial charge in [0.05, 0.1) is 0 Å². The van der Waals surface area contributed by atoms with Crippen molar-refractivity contribution in [2.75, 3.05) is 52.2 Å². The van der Waals surface area contributed by atoms with Gasteiger partial charge in [-0.2, -0.15) is 17.4 Å². The number of likely N-dealkylation sites (N-methyl/N-ethyl adjacent to an activating group) is 1. The topological polar surface area (TPSA) is 55.9 Å². The van der Waals surface area contributed by atoms with E-state index in [0.717, 1.165) is 37.4 Å². The van der Waals surface area contributed by atoms with E-state index in [9.17, 15) is 8.42 Å². The number of para-hydroxylation sites is 1. The van der Waals surface area contributed by atoms with Crippen LogP contribution in [0.15, 0.2) is 24.3 Å². The van der Waals surface area contributed by atoms with E-state index in [1.165, 1.54) is 18.4 Å². The zero-order valence-electron chi connectivity index (χ0n) is 12.9. The summed E-state index contributed by atoms with van der Waals surface area (Å²) in [7, 11) is 1.77. The number of hydrogen-bond acceptors (Lipinski definition) is 4. The van der Waals surface area contributed by atoms with Gasteiger partial charge in [0.1, 0.15) is 0 Å². The van der Waals surface area contributed by atoms with Crippen LogP contribution in [0.25, 0.3) is 0 Å². The van der Waals surface area contributed by atoms with Crippen molar-refractivity contribution in [3.8, 4) is 0 Å². The highest BCUT2D eigenvalue weighted by molar-refractivity contribution is 7.87. The molecule has 0 bridgehead atoms. The fraction of sp³-hybridized carbons (Fsp3) is 0.571. The number of hydrogen-bond donors (Lipinski definition) is 1. The van der Waals surface area contributed by atoms with E-state index in [0.29, 0.717) is 6.54 Å². The summed E-state index contributed by atoms with van der Waals surface area (Å²) in [5.41, 5.74) is 2.12. The summed E-state index contributed by atoms with van der Waals surface area (Å²) in [6, 6.07) is 7.98. The summed E-state index contributed by atoms with van der Waals surface area (Å²) >= 11 is 0. The zero-order valence-corrected chi connectivity index (χ0v) is 13.7. The lowest BCUT2D eigenvalue weighted by Crippen LogP contribution is -2.45. The zero-order chi connectivity index (χ0) is 15.5. The maximum atomic E-state index is 11.8. The molecule has 0 saturated carbocycles. The number of anilines is 1. The van der Waals surface area contributed by atoms with Crippen molar-refractivity contribution in [3.05, 3.63) is 29.8 Å². The van der Waals surface area contributed by atoms with Crippen molar-refractivity contribution in [2.24, 2.45) is 0 Å². The molecule has 1 aliphatic rings. The Morgan fingerprint density at radius 1 is 1.14 bits per heavy atom. The van der Waals surface area contributed by atoms with Crippen LogP contribution in [0, 0.1) is 0 Å². The summed E-state index contributed by atoms with van der Waals surface area (Å²) in [6.07, 6.45) is 0. The first-order valence-corrected chi connectivity index (χ1v) is 8.52. The van der Waals surface area contributed by atoms with Crippen LogP contribution in [0.2, 0.25) is 0 Å². The number of nitrogens with zero attached hydrogens (tertiary/aromatic N) is 3. The maximum absolute atomic E-state index is 11.8. The molecule has 1 fully saturated rings. The van der Waals surface area contributed by atoms with Crippen LogP contribution >= 0.6 is 0 Å². The molecule has 1 saturated heterocycles. The molecule has 0 unspecified atom stereocenters. The van der Waals surface area contributed by atoms with Crippen molar-refractivity contribution in [1.82, 2.24) is 13.9 Å². The van der Waals surface area contributed by atoms with Gasteiger partial charge in [-0.05, 0) is 18.7 Å². The minimum absolute atomic E-state index is 0.309. The van der Waals surface area contributed by atoms with E-state index in [1.807, 2.05) is 18.2 Å². The largest absolute Gasteiger partial charge is 0.369 e. The highest BCUT2D eigenvalue weighted by atomic mass is 32.2. The number of nitrogens with one attached hydrogen (secondary N) is 1. The smallest absolute Gasteiger partial charge is 0.279 e. The molecule has 21 heavy (non-hydrogen) atoms. The first-order valence-electron chi connectivity index (χ1n) is 7.08. The van der Waals surface area contributed by atoms with Gasteiger partial charge in [0.2, 0.25) is 0 Å². The van der Waals surface area contributed by atoms with Gasteiger partial charge in [0, 0.05) is 52.5 Å². The maximum Gasteiger partial charge on any atom is 0.279 e. The molecule has 1 aliphatic heterocycles. The van der Waals surface area contributed by atoms with Crippen LogP contribution in [-0.2, 0) is 16.8 Å². The second-order valence-electron chi connectivity index (χ2n) is 5.53. The Labute approximate surface area is 127 Å². The van der Waals surface area contributed by atoms with Gasteiger partial charge in [-0.1, -0.05) is 18.2 Å². The summed E-state index contributed by atoms with van der Waals surface area (Å²) in [5.74, 6) is 0. The van der Waals surface area contributed by atoms with E-state index in [1.54, 1.807) is 0 Å². The van der Waals surface area contributed by atoms with Crippen molar-refractivity contribution >= 4 is 15.9 Å². The molecule has 118 valence electrons. The molecule has 0 aromatic heterocycles. The van der Waals surface area contributed by atoms with E-state index in [4.69, 9.17) is 0 Å². The standard InChI is InChI=1S/C14H24N4O2S/c1-16(2)21(19,20)15-12-13-6-4-5-7-14(13)18-10-8-17(3)9-11-18/h4-7,15H,8-12H2,1-3H3. The van der Waals surface area contributed by atoms with E-state index in [-0.39, 0.29) is 0 Å². The molecule has 2 rings (SSSR count). The van der Waals surface area contributed by atoms with Gasteiger partial charge >= 0.3 is 0 Å². The molecular weight excluding hydrogens is 288 g/mol. The van der Waals surface area contributed by atoms with Gasteiger partial charge in [0.25, 0.3) is 10.2 Å². The third-order valence-corrected chi connectivity index (χ3v) is 5.23. The van der Waals surface area contributed by atoms with Gasteiger partial charge in [-0.15, -0.1) is 0 Å². The summed E-state index contributed by atoms with van der Waals surface area (Å²) in [6.45, 7) is 4.29. The predicted molar refractivity (Wildman–Crippen MR) is 85.6 cm³/mol. The van der Waals surface area contributed by atoms with E-state index in [2.05, 4.69) is 27.6 Å². The van der Waals surface area contributed by atoms with Crippen molar-refractivity contribution in [3.63, 3.8) is 0 Å². The molecule has 0 atom stereocenters. The molecule has 1 heterocycles.